The molecule has 3 N–H and O–H groups in total. The second-order valence-electron chi connectivity index (χ2n) is 3.65. The molecule has 0 saturated carbocycles. The maximum absolute atomic E-state index is 11.6. The van der Waals surface area contributed by atoms with Gasteiger partial charge in [-0.25, -0.2) is 4.98 Å². The van der Waals surface area contributed by atoms with Crippen LogP contribution in [0.3, 0.4) is 0 Å². The van der Waals surface area contributed by atoms with Gasteiger partial charge in [0.15, 0.2) is 0 Å². The van der Waals surface area contributed by atoms with Crippen molar-refractivity contribution in [1.82, 2.24) is 15.3 Å². The molecule has 0 aliphatic rings. The third-order valence-electron chi connectivity index (χ3n) is 2.17. The highest BCUT2D eigenvalue weighted by Gasteiger charge is 2.15. The van der Waals surface area contributed by atoms with E-state index < -0.39 is 0 Å². The number of aromatic nitrogens is 2. The second-order valence-corrected chi connectivity index (χ2v) is 3.65. The average Bonchev–Trinajstić information content (AvgIpc) is 2.26. The standard InChI is InChI=1S/C10H16N4O/c1-7(2)8(5-11)14-10(15)9-6-12-3-4-13-9/h3-4,6-8H,5,11H2,1-2H3,(H,14,15). The second kappa shape index (κ2) is 5.41. The largest absolute Gasteiger partial charge is 0.346 e. The molecule has 0 aliphatic carbocycles. The van der Waals surface area contributed by atoms with Crippen molar-refractivity contribution >= 4 is 5.91 Å². The highest BCUT2D eigenvalue weighted by Crippen LogP contribution is 2.01. The van der Waals surface area contributed by atoms with Crippen LogP contribution < -0.4 is 11.1 Å². The van der Waals surface area contributed by atoms with E-state index in [1.807, 2.05) is 13.8 Å². The third-order valence-corrected chi connectivity index (χ3v) is 2.17. The van der Waals surface area contributed by atoms with Gasteiger partial charge in [0.1, 0.15) is 5.69 Å². The first-order valence-electron chi connectivity index (χ1n) is 4.92. The molecule has 1 atom stereocenters. The van der Waals surface area contributed by atoms with Crippen LogP contribution in [0.1, 0.15) is 24.3 Å². The lowest BCUT2D eigenvalue weighted by Gasteiger charge is -2.19. The molecule has 0 fully saturated rings. The Hall–Kier alpha value is -1.49. The zero-order valence-corrected chi connectivity index (χ0v) is 8.97. The van der Waals surface area contributed by atoms with Crippen molar-refractivity contribution in [3.8, 4) is 0 Å². The van der Waals surface area contributed by atoms with E-state index in [0.29, 0.717) is 18.2 Å². The van der Waals surface area contributed by atoms with Gasteiger partial charge in [-0.15, -0.1) is 0 Å². The van der Waals surface area contributed by atoms with Gasteiger partial charge >= 0.3 is 0 Å². The Labute approximate surface area is 89.1 Å². The molecule has 5 nitrogen and oxygen atoms in total. The number of hydrogen-bond acceptors (Lipinski definition) is 4. The van der Waals surface area contributed by atoms with E-state index in [2.05, 4.69) is 15.3 Å². The lowest BCUT2D eigenvalue weighted by Crippen LogP contribution is -2.43. The zero-order chi connectivity index (χ0) is 11.3. The molecule has 0 aromatic carbocycles. The molecule has 1 unspecified atom stereocenters. The predicted molar refractivity (Wildman–Crippen MR) is 57.2 cm³/mol. The Morgan fingerprint density at radius 2 is 2.27 bits per heavy atom. The maximum atomic E-state index is 11.6. The summed E-state index contributed by atoms with van der Waals surface area (Å²) in [7, 11) is 0. The van der Waals surface area contributed by atoms with Gasteiger partial charge in [-0.1, -0.05) is 13.8 Å². The van der Waals surface area contributed by atoms with Crippen molar-refractivity contribution in [3.63, 3.8) is 0 Å². The van der Waals surface area contributed by atoms with Crippen molar-refractivity contribution in [3.05, 3.63) is 24.3 Å². The predicted octanol–water partition coefficient (Wildman–Crippen LogP) is 0.190. The SMILES string of the molecule is CC(C)C(CN)NC(=O)c1cnccn1. The molecule has 1 heterocycles. The van der Waals surface area contributed by atoms with Gasteiger partial charge in [0, 0.05) is 25.0 Å². The minimum Gasteiger partial charge on any atom is -0.346 e. The number of nitrogens with zero attached hydrogens (tertiary/aromatic N) is 2. The summed E-state index contributed by atoms with van der Waals surface area (Å²) in [5.41, 5.74) is 5.87. The monoisotopic (exact) mass is 208 g/mol. The van der Waals surface area contributed by atoms with E-state index in [-0.39, 0.29) is 11.9 Å². The first-order valence-corrected chi connectivity index (χ1v) is 4.92. The van der Waals surface area contributed by atoms with Gasteiger partial charge < -0.3 is 11.1 Å². The minimum atomic E-state index is -0.229. The van der Waals surface area contributed by atoms with Gasteiger partial charge in [-0.3, -0.25) is 9.78 Å². The lowest BCUT2D eigenvalue weighted by atomic mass is 10.0. The molecule has 5 heteroatoms. The number of amides is 1. The molecule has 15 heavy (non-hydrogen) atoms. The van der Waals surface area contributed by atoms with Gasteiger partial charge in [-0.05, 0) is 5.92 Å². The molecular weight excluding hydrogens is 192 g/mol. The Bertz CT molecular complexity index is 312. The average molecular weight is 208 g/mol. The van der Waals surface area contributed by atoms with Crippen molar-refractivity contribution in [1.29, 1.82) is 0 Å². The van der Waals surface area contributed by atoms with Crippen LogP contribution in [-0.2, 0) is 0 Å². The van der Waals surface area contributed by atoms with Crippen LogP contribution in [-0.4, -0.2) is 28.5 Å². The Morgan fingerprint density at radius 3 is 2.73 bits per heavy atom. The third kappa shape index (κ3) is 3.28. The summed E-state index contributed by atoms with van der Waals surface area (Å²) in [6.45, 7) is 4.44. The number of rotatable bonds is 4. The Morgan fingerprint density at radius 1 is 1.53 bits per heavy atom. The molecule has 0 bridgehead atoms. The normalized spacial score (nSPS) is 12.5. The summed E-state index contributed by atoms with van der Waals surface area (Å²) in [6.07, 6.45) is 4.45. The molecule has 0 radical (unpaired) electrons. The number of nitrogens with one attached hydrogen (secondary N) is 1. The van der Waals surface area contributed by atoms with Crippen molar-refractivity contribution in [2.75, 3.05) is 6.54 Å². The molecule has 0 saturated heterocycles. The van der Waals surface area contributed by atoms with E-state index >= 15 is 0 Å². The fraction of sp³-hybridized carbons (Fsp3) is 0.500. The van der Waals surface area contributed by atoms with E-state index in [9.17, 15) is 4.79 Å². The summed E-state index contributed by atoms with van der Waals surface area (Å²) < 4.78 is 0. The number of nitrogens with two attached hydrogens (primary N) is 1. The van der Waals surface area contributed by atoms with E-state index in [4.69, 9.17) is 5.73 Å². The molecule has 0 aliphatic heterocycles. The van der Waals surface area contributed by atoms with Gasteiger partial charge in [0.05, 0.1) is 6.20 Å². The quantitative estimate of drug-likeness (QED) is 0.740. The highest BCUT2D eigenvalue weighted by atomic mass is 16.1. The van der Waals surface area contributed by atoms with Gasteiger partial charge in [0.2, 0.25) is 0 Å². The summed E-state index contributed by atoms with van der Waals surface area (Å²) in [5, 5.41) is 2.82. The summed E-state index contributed by atoms with van der Waals surface area (Å²) in [6, 6.07) is -0.0282. The fourth-order valence-corrected chi connectivity index (χ4v) is 1.16. The molecule has 1 rings (SSSR count). The van der Waals surface area contributed by atoms with E-state index in [1.165, 1.54) is 18.6 Å². The van der Waals surface area contributed by atoms with Crippen LogP contribution in [0.2, 0.25) is 0 Å². The minimum absolute atomic E-state index is 0.0282. The van der Waals surface area contributed by atoms with Crippen LogP contribution in [0, 0.1) is 5.92 Å². The van der Waals surface area contributed by atoms with E-state index in [1.54, 1.807) is 0 Å². The molecule has 1 aromatic heterocycles. The molecule has 1 amide bonds. The lowest BCUT2D eigenvalue weighted by molar-refractivity contribution is 0.0922. The zero-order valence-electron chi connectivity index (χ0n) is 8.97. The van der Waals surface area contributed by atoms with Crippen molar-refractivity contribution in [2.45, 2.75) is 19.9 Å². The van der Waals surface area contributed by atoms with Gasteiger partial charge in [0.25, 0.3) is 5.91 Å². The molecular formula is C10H16N4O. The van der Waals surface area contributed by atoms with Crippen LogP contribution in [0.15, 0.2) is 18.6 Å². The summed E-state index contributed by atoms with van der Waals surface area (Å²) >= 11 is 0. The maximum Gasteiger partial charge on any atom is 0.271 e. The summed E-state index contributed by atoms with van der Waals surface area (Å²) in [4.78, 5) is 19.4. The first-order chi connectivity index (χ1) is 7.15. The first kappa shape index (κ1) is 11.6. The number of carbonyl (C=O) groups is 1. The molecule has 82 valence electrons. The highest BCUT2D eigenvalue weighted by molar-refractivity contribution is 5.92. The smallest absolute Gasteiger partial charge is 0.271 e. The molecule has 1 aromatic rings. The van der Waals surface area contributed by atoms with Crippen molar-refractivity contribution < 1.29 is 4.79 Å². The van der Waals surface area contributed by atoms with Crippen LogP contribution in [0.5, 0.6) is 0 Å². The topological polar surface area (TPSA) is 80.9 Å². The van der Waals surface area contributed by atoms with Crippen LogP contribution >= 0.6 is 0 Å². The van der Waals surface area contributed by atoms with Crippen molar-refractivity contribution in [2.24, 2.45) is 11.7 Å². The van der Waals surface area contributed by atoms with Gasteiger partial charge in [-0.2, -0.15) is 0 Å². The number of carbonyl (C=O) groups excluding carboxylic acids is 1. The Kier molecular flexibility index (Phi) is 4.17. The van der Waals surface area contributed by atoms with Crippen LogP contribution in [0.4, 0.5) is 0 Å². The Balaban J connectivity index is 2.63. The fourth-order valence-electron chi connectivity index (χ4n) is 1.16. The number of hydrogen-bond donors (Lipinski definition) is 2. The molecule has 0 spiro atoms. The van der Waals surface area contributed by atoms with Crippen LogP contribution in [0.25, 0.3) is 0 Å². The summed E-state index contributed by atoms with van der Waals surface area (Å²) in [5.74, 6) is 0.0721. The van der Waals surface area contributed by atoms with E-state index in [0.717, 1.165) is 0 Å².